The second-order valence-electron chi connectivity index (χ2n) is 8.48. The molecule has 2 atom stereocenters. The maximum atomic E-state index is 12.5. The predicted molar refractivity (Wildman–Crippen MR) is 112 cm³/mol. The number of esters is 1. The lowest BCUT2D eigenvalue weighted by Gasteiger charge is -2.32. The van der Waals surface area contributed by atoms with Crippen molar-refractivity contribution in [1.82, 2.24) is 9.71 Å². The Labute approximate surface area is 178 Å². The summed E-state index contributed by atoms with van der Waals surface area (Å²) in [5.74, 6) is 0.833. The second-order valence-corrected chi connectivity index (χ2v) is 10.3. The summed E-state index contributed by atoms with van der Waals surface area (Å²) in [6.45, 7) is 0.254. The molecular weight excluding hydrogens is 408 g/mol. The highest BCUT2D eigenvalue weighted by Crippen LogP contribution is 2.42. The molecule has 0 spiro atoms. The minimum absolute atomic E-state index is 0.0689. The zero-order valence-electron chi connectivity index (χ0n) is 17.9. The third-order valence-electron chi connectivity index (χ3n) is 6.28. The van der Waals surface area contributed by atoms with E-state index in [0.29, 0.717) is 25.2 Å². The van der Waals surface area contributed by atoms with E-state index in [1.54, 1.807) is 13.3 Å². The number of rotatable bonds is 8. The molecule has 0 bridgehead atoms. The van der Waals surface area contributed by atoms with Crippen LogP contribution in [0.5, 0.6) is 5.75 Å². The van der Waals surface area contributed by atoms with Crippen molar-refractivity contribution in [1.29, 1.82) is 0 Å². The van der Waals surface area contributed by atoms with Crippen LogP contribution in [-0.4, -0.2) is 58.6 Å². The minimum Gasteiger partial charge on any atom is -0.495 e. The number of carbonyl (C=O) groups excluding carboxylic acids is 1. The van der Waals surface area contributed by atoms with Crippen LogP contribution in [0, 0.1) is 5.41 Å². The number of carbonyl (C=O) groups is 1. The van der Waals surface area contributed by atoms with Gasteiger partial charge in [0.25, 0.3) is 0 Å². The van der Waals surface area contributed by atoms with Gasteiger partial charge in [-0.05, 0) is 57.1 Å². The van der Waals surface area contributed by atoms with Gasteiger partial charge in [-0.3, -0.25) is 9.78 Å². The lowest BCUT2D eigenvalue weighted by Crippen LogP contribution is -2.39. The number of aromatic nitrogens is 1. The highest BCUT2D eigenvalue weighted by Gasteiger charge is 2.47. The summed E-state index contributed by atoms with van der Waals surface area (Å²) in [4.78, 5) is 17.0. The number of nitrogens with zero attached hydrogens (tertiary/aromatic N) is 1. The van der Waals surface area contributed by atoms with Gasteiger partial charge in [0.1, 0.15) is 5.75 Å². The lowest BCUT2D eigenvalue weighted by molar-refractivity contribution is -0.158. The van der Waals surface area contributed by atoms with Gasteiger partial charge < -0.3 is 14.2 Å². The van der Waals surface area contributed by atoms with Crippen LogP contribution in [0.1, 0.15) is 56.6 Å². The zero-order chi connectivity index (χ0) is 21.8. The Morgan fingerprint density at radius 2 is 1.97 bits per heavy atom. The Morgan fingerprint density at radius 3 is 2.60 bits per heavy atom. The van der Waals surface area contributed by atoms with E-state index in [1.165, 1.54) is 7.11 Å². The Balaban J connectivity index is 1.57. The molecule has 0 amide bonds. The lowest BCUT2D eigenvalue weighted by atomic mass is 9.84. The highest BCUT2D eigenvalue weighted by molar-refractivity contribution is 7.88. The number of hydrogen-bond donors (Lipinski definition) is 1. The molecule has 2 fully saturated rings. The molecule has 1 aromatic rings. The van der Waals surface area contributed by atoms with Crippen LogP contribution in [0.2, 0.25) is 0 Å². The summed E-state index contributed by atoms with van der Waals surface area (Å²) in [5.41, 5.74) is 0.202. The predicted octanol–water partition coefficient (Wildman–Crippen LogP) is 2.39. The first-order chi connectivity index (χ1) is 14.3. The average molecular weight is 441 g/mol. The molecule has 2 saturated carbocycles. The van der Waals surface area contributed by atoms with Gasteiger partial charge in [-0.15, -0.1) is 0 Å². The zero-order valence-corrected chi connectivity index (χ0v) is 18.7. The molecule has 1 heterocycles. The number of nitrogens with one attached hydrogen (secondary N) is 1. The van der Waals surface area contributed by atoms with E-state index in [9.17, 15) is 13.2 Å². The largest absolute Gasteiger partial charge is 0.495 e. The highest BCUT2D eigenvalue weighted by atomic mass is 32.2. The smallest absolute Gasteiger partial charge is 0.314 e. The standard InChI is InChI=1S/C21H32N2O6S/c1-27-18-5-4-12-22-19(18)15-6-8-17(9-7-15)29-14-21(20(24)28-2)11-10-16(13-21)23-30(3,25)26/h4-5,12,15-17,23H,6-11,13-14H2,1-3H3/t15-,16-,17+,21-/m0/s1. The molecule has 1 N–H and O–H groups in total. The molecule has 0 radical (unpaired) electrons. The van der Waals surface area contributed by atoms with E-state index in [2.05, 4.69) is 9.71 Å². The molecule has 2 aliphatic rings. The molecule has 9 heteroatoms. The van der Waals surface area contributed by atoms with E-state index < -0.39 is 15.4 Å². The Morgan fingerprint density at radius 1 is 1.23 bits per heavy atom. The third kappa shape index (κ3) is 5.50. The van der Waals surface area contributed by atoms with Gasteiger partial charge in [0.2, 0.25) is 10.0 Å². The van der Waals surface area contributed by atoms with Crippen LogP contribution in [-0.2, 0) is 24.3 Å². The number of sulfonamides is 1. The van der Waals surface area contributed by atoms with Crippen LogP contribution < -0.4 is 9.46 Å². The summed E-state index contributed by atoms with van der Waals surface area (Å²) >= 11 is 0. The Bertz CT molecular complexity index is 838. The van der Waals surface area contributed by atoms with Gasteiger partial charge in [0.05, 0.1) is 44.3 Å². The van der Waals surface area contributed by atoms with Crippen LogP contribution in [0.15, 0.2) is 18.3 Å². The molecule has 2 aliphatic carbocycles. The molecule has 0 unspecified atom stereocenters. The fourth-order valence-corrected chi connectivity index (χ4v) is 5.59. The fourth-order valence-electron chi connectivity index (χ4n) is 4.78. The van der Waals surface area contributed by atoms with E-state index in [1.807, 2.05) is 12.1 Å². The van der Waals surface area contributed by atoms with E-state index in [0.717, 1.165) is 43.4 Å². The van der Waals surface area contributed by atoms with E-state index in [-0.39, 0.29) is 24.7 Å². The summed E-state index contributed by atoms with van der Waals surface area (Å²) in [6, 6.07) is 3.54. The summed E-state index contributed by atoms with van der Waals surface area (Å²) in [6.07, 6.45) is 8.19. The molecule has 1 aromatic heterocycles. The number of hydrogen-bond acceptors (Lipinski definition) is 7. The first-order valence-electron chi connectivity index (χ1n) is 10.4. The van der Waals surface area contributed by atoms with Gasteiger partial charge in [0, 0.05) is 18.2 Å². The molecule has 30 heavy (non-hydrogen) atoms. The van der Waals surface area contributed by atoms with E-state index in [4.69, 9.17) is 14.2 Å². The monoisotopic (exact) mass is 440 g/mol. The SMILES string of the molecule is COC(=O)[C@@]1(CO[C@H]2CC[C@@H](c3ncccc3OC)CC2)CC[C@H](NS(C)(=O)=O)C1. The summed E-state index contributed by atoms with van der Waals surface area (Å²) in [5, 5.41) is 0. The van der Waals surface area contributed by atoms with Crippen LogP contribution in [0.25, 0.3) is 0 Å². The average Bonchev–Trinajstić information content (AvgIpc) is 3.14. The molecule has 0 aliphatic heterocycles. The molecule has 3 rings (SSSR count). The van der Waals surface area contributed by atoms with Crippen molar-refractivity contribution in [2.45, 2.75) is 63.0 Å². The second kappa shape index (κ2) is 9.62. The quantitative estimate of drug-likeness (QED) is 0.619. The number of pyridine rings is 1. The van der Waals surface area contributed by atoms with Crippen LogP contribution >= 0.6 is 0 Å². The van der Waals surface area contributed by atoms with Crippen molar-refractivity contribution in [2.75, 3.05) is 27.1 Å². The molecule has 0 saturated heterocycles. The topological polar surface area (TPSA) is 104 Å². The Hall–Kier alpha value is -1.71. The van der Waals surface area contributed by atoms with Crippen molar-refractivity contribution >= 4 is 16.0 Å². The van der Waals surface area contributed by atoms with E-state index >= 15 is 0 Å². The summed E-state index contributed by atoms with van der Waals surface area (Å²) in [7, 11) is -0.293. The maximum absolute atomic E-state index is 12.5. The van der Waals surface area contributed by atoms with Crippen LogP contribution in [0.3, 0.4) is 0 Å². The first kappa shape index (κ1) is 23.0. The Kier molecular flexibility index (Phi) is 7.36. The number of methoxy groups -OCH3 is 2. The van der Waals surface area contributed by atoms with Gasteiger partial charge in [-0.2, -0.15) is 0 Å². The number of ether oxygens (including phenoxy) is 3. The first-order valence-corrected chi connectivity index (χ1v) is 12.3. The fraction of sp³-hybridized carbons (Fsp3) is 0.714. The normalized spacial score (nSPS) is 29.5. The van der Waals surface area contributed by atoms with Crippen molar-refractivity contribution in [3.05, 3.63) is 24.0 Å². The van der Waals surface area contributed by atoms with Crippen molar-refractivity contribution in [3.8, 4) is 5.75 Å². The third-order valence-corrected chi connectivity index (χ3v) is 7.05. The molecule has 168 valence electrons. The van der Waals surface area contributed by atoms with Gasteiger partial charge in [-0.1, -0.05) is 0 Å². The van der Waals surface area contributed by atoms with Gasteiger partial charge in [0.15, 0.2) is 0 Å². The molecule has 8 nitrogen and oxygen atoms in total. The minimum atomic E-state index is -3.32. The van der Waals surface area contributed by atoms with Gasteiger partial charge in [-0.25, -0.2) is 13.1 Å². The maximum Gasteiger partial charge on any atom is 0.314 e. The summed E-state index contributed by atoms with van der Waals surface area (Å²) < 4.78 is 42.4. The van der Waals surface area contributed by atoms with Crippen molar-refractivity contribution in [2.24, 2.45) is 5.41 Å². The molecular formula is C21H32N2O6S. The van der Waals surface area contributed by atoms with Crippen molar-refractivity contribution in [3.63, 3.8) is 0 Å². The van der Waals surface area contributed by atoms with Crippen molar-refractivity contribution < 1.29 is 27.4 Å². The van der Waals surface area contributed by atoms with Crippen LogP contribution in [0.4, 0.5) is 0 Å². The molecule has 0 aromatic carbocycles. The van der Waals surface area contributed by atoms with Gasteiger partial charge >= 0.3 is 5.97 Å².